The molecule has 2 N–H and O–H groups in total. The number of nitrogens with one attached hydrogen (secondary N) is 2. The summed E-state index contributed by atoms with van der Waals surface area (Å²) in [5.74, 6) is 0.176. The number of rotatable bonds is 9. The van der Waals surface area contributed by atoms with Crippen LogP contribution < -0.4 is 15.4 Å². The van der Waals surface area contributed by atoms with E-state index in [1.165, 1.54) is 0 Å². The van der Waals surface area contributed by atoms with Crippen LogP contribution in [0.2, 0.25) is 5.02 Å². The first kappa shape index (κ1) is 23.6. The maximum atomic E-state index is 12.5. The van der Waals surface area contributed by atoms with Gasteiger partial charge in [-0.05, 0) is 49.2 Å². The molecule has 170 valence electrons. The van der Waals surface area contributed by atoms with E-state index in [1.54, 1.807) is 29.2 Å². The van der Waals surface area contributed by atoms with E-state index in [1.807, 2.05) is 30.3 Å². The number of para-hydroxylation sites is 1. The van der Waals surface area contributed by atoms with Gasteiger partial charge in [-0.15, -0.1) is 0 Å². The second-order valence-corrected chi connectivity index (χ2v) is 8.08. The number of ether oxygens (including phenoxy) is 1. The number of amides is 3. The second kappa shape index (κ2) is 12.1. The van der Waals surface area contributed by atoms with Gasteiger partial charge in [0.25, 0.3) is 5.91 Å². The van der Waals surface area contributed by atoms with Crippen LogP contribution in [0.1, 0.15) is 29.6 Å². The summed E-state index contributed by atoms with van der Waals surface area (Å²) in [4.78, 5) is 38.8. The molecule has 1 aliphatic heterocycles. The van der Waals surface area contributed by atoms with Crippen LogP contribution in [0.5, 0.6) is 5.75 Å². The molecule has 0 aromatic heterocycles. The third kappa shape index (κ3) is 7.27. The van der Waals surface area contributed by atoms with Crippen LogP contribution in [0.25, 0.3) is 0 Å². The van der Waals surface area contributed by atoms with E-state index in [4.69, 9.17) is 16.3 Å². The van der Waals surface area contributed by atoms with Gasteiger partial charge in [0.2, 0.25) is 11.8 Å². The lowest BCUT2D eigenvalue weighted by Crippen LogP contribution is -2.46. The molecule has 1 heterocycles. The molecule has 1 unspecified atom stereocenters. The molecule has 0 aliphatic carbocycles. The van der Waals surface area contributed by atoms with E-state index in [9.17, 15) is 14.4 Å². The van der Waals surface area contributed by atoms with Crippen molar-refractivity contribution in [2.75, 3.05) is 32.8 Å². The van der Waals surface area contributed by atoms with Crippen molar-refractivity contribution >= 4 is 29.3 Å². The van der Waals surface area contributed by atoms with Crippen molar-refractivity contribution in [2.45, 2.75) is 19.3 Å². The van der Waals surface area contributed by atoms with Gasteiger partial charge in [0.15, 0.2) is 0 Å². The zero-order chi connectivity index (χ0) is 22.8. The van der Waals surface area contributed by atoms with Gasteiger partial charge in [-0.1, -0.05) is 29.8 Å². The summed E-state index contributed by atoms with van der Waals surface area (Å²) < 4.78 is 5.60. The largest absolute Gasteiger partial charge is 0.493 e. The number of nitrogens with zero attached hydrogens (tertiary/aromatic N) is 1. The number of hydrogen-bond donors (Lipinski definition) is 2. The number of carbonyl (C=O) groups excluding carboxylic acids is 3. The van der Waals surface area contributed by atoms with Gasteiger partial charge in [0.1, 0.15) is 5.75 Å². The Morgan fingerprint density at radius 3 is 2.47 bits per heavy atom. The summed E-state index contributed by atoms with van der Waals surface area (Å²) in [6.07, 6.45) is 1.81. The topological polar surface area (TPSA) is 87.7 Å². The third-order valence-corrected chi connectivity index (χ3v) is 5.54. The Kier molecular flexibility index (Phi) is 8.92. The molecule has 0 bridgehead atoms. The highest BCUT2D eigenvalue weighted by atomic mass is 35.5. The summed E-state index contributed by atoms with van der Waals surface area (Å²) in [7, 11) is 0. The number of likely N-dealkylation sites (tertiary alicyclic amines) is 1. The molecule has 1 fully saturated rings. The first-order valence-corrected chi connectivity index (χ1v) is 11.2. The Hall–Kier alpha value is -3.06. The Bertz CT molecular complexity index is 905. The van der Waals surface area contributed by atoms with E-state index in [0.29, 0.717) is 43.4 Å². The monoisotopic (exact) mass is 457 g/mol. The van der Waals surface area contributed by atoms with E-state index in [-0.39, 0.29) is 30.1 Å². The van der Waals surface area contributed by atoms with Crippen LogP contribution in [-0.2, 0) is 9.59 Å². The summed E-state index contributed by atoms with van der Waals surface area (Å²) in [5, 5.41) is 6.19. The van der Waals surface area contributed by atoms with Crippen LogP contribution in [-0.4, -0.2) is 55.4 Å². The summed E-state index contributed by atoms with van der Waals surface area (Å²) >= 11 is 5.82. The van der Waals surface area contributed by atoms with Crippen LogP contribution in [0.4, 0.5) is 0 Å². The Morgan fingerprint density at radius 2 is 1.72 bits per heavy atom. The molecule has 8 heteroatoms. The minimum absolute atomic E-state index is 0.00587. The highest BCUT2D eigenvalue weighted by Gasteiger charge is 2.28. The highest BCUT2D eigenvalue weighted by molar-refractivity contribution is 6.30. The number of halogens is 1. The molecular weight excluding hydrogens is 430 g/mol. The lowest BCUT2D eigenvalue weighted by molar-refractivity contribution is -0.136. The van der Waals surface area contributed by atoms with Gasteiger partial charge in [0.05, 0.1) is 18.9 Å². The number of benzene rings is 2. The van der Waals surface area contributed by atoms with Gasteiger partial charge < -0.3 is 20.3 Å². The Morgan fingerprint density at radius 1 is 1.00 bits per heavy atom. The van der Waals surface area contributed by atoms with Crippen molar-refractivity contribution in [3.05, 3.63) is 65.2 Å². The maximum absolute atomic E-state index is 12.5. The molecule has 3 rings (SSSR count). The lowest BCUT2D eigenvalue weighted by atomic mass is 9.97. The molecule has 2 aromatic carbocycles. The SMILES string of the molecule is O=C(NCCNC(=O)C1CCCN(C(=O)CCOc2ccccc2)C1)c1ccc(Cl)cc1. The van der Waals surface area contributed by atoms with Crippen molar-refractivity contribution in [1.82, 2.24) is 15.5 Å². The Labute approximate surface area is 193 Å². The standard InChI is InChI=1S/C24H28ClN3O4/c25-20-10-8-18(9-11-20)23(30)26-13-14-27-24(31)19-5-4-15-28(17-19)22(29)12-16-32-21-6-2-1-3-7-21/h1-3,6-11,19H,4-5,12-17H2,(H,26,30)(H,27,31). The lowest BCUT2D eigenvalue weighted by Gasteiger charge is -2.32. The second-order valence-electron chi connectivity index (χ2n) is 7.64. The molecule has 0 spiro atoms. The fourth-order valence-corrected chi connectivity index (χ4v) is 3.68. The number of carbonyl (C=O) groups is 3. The quantitative estimate of drug-likeness (QED) is 0.567. The van der Waals surface area contributed by atoms with Gasteiger partial charge >= 0.3 is 0 Å². The van der Waals surface area contributed by atoms with E-state index >= 15 is 0 Å². The van der Waals surface area contributed by atoms with Gasteiger partial charge in [-0.2, -0.15) is 0 Å². The third-order valence-electron chi connectivity index (χ3n) is 5.29. The Balaban J connectivity index is 1.34. The molecule has 1 saturated heterocycles. The fraction of sp³-hybridized carbons (Fsp3) is 0.375. The normalized spacial score (nSPS) is 15.7. The van der Waals surface area contributed by atoms with Crippen molar-refractivity contribution in [2.24, 2.45) is 5.92 Å². The molecule has 1 atom stereocenters. The molecule has 3 amide bonds. The summed E-state index contributed by atoms with van der Waals surface area (Å²) in [6.45, 7) is 2.02. The smallest absolute Gasteiger partial charge is 0.251 e. The van der Waals surface area contributed by atoms with Gasteiger partial charge in [0, 0.05) is 36.8 Å². The number of hydrogen-bond acceptors (Lipinski definition) is 4. The zero-order valence-electron chi connectivity index (χ0n) is 17.9. The van der Waals surface area contributed by atoms with Crippen LogP contribution in [0, 0.1) is 5.92 Å². The van der Waals surface area contributed by atoms with Gasteiger partial charge in [-0.25, -0.2) is 0 Å². The van der Waals surface area contributed by atoms with E-state index in [0.717, 1.165) is 18.6 Å². The summed E-state index contributed by atoms with van der Waals surface area (Å²) in [6, 6.07) is 16.0. The van der Waals surface area contributed by atoms with Crippen LogP contribution in [0.15, 0.2) is 54.6 Å². The van der Waals surface area contributed by atoms with Crippen molar-refractivity contribution in [1.29, 1.82) is 0 Å². The van der Waals surface area contributed by atoms with E-state index < -0.39 is 0 Å². The highest BCUT2D eigenvalue weighted by Crippen LogP contribution is 2.18. The predicted molar refractivity (Wildman–Crippen MR) is 123 cm³/mol. The molecule has 0 radical (unpaired) electrons. The predicted octanol–water partition coefficient (Wildman–Crippen LogP) is 2.89. The summed E-state index contributed by atoms with van der Waals surface area (Å²) in [5.41, 5.74) is 0.512. The molecule has 2 aromatic rings. The maximum Gasteiger partial charge on any atom is 0.251 e. The first-order chi connectivity index (χ1) is 15.5. The minimum Gasteiger partial charge on any atom is -0.493 e. The van der Waals surface area contributed by atoms with Crippen molar-refractivity contribution < 1.29 is 19.1 Å². The van der Waals surface area contributed by atoms with Crippen molar-refractivity contribution in [3.63, 3.8) is 0 Å². The average Bonchev–Trinajstić information content (AvgIpc) is 2.82. The molecular formula is C24H28ClN3O4. The zero-order valence-corrected chi connectivity index (χ0v) is 18.6. The molecule has 32 heavy (non-hydrogen) atoms. The van der Waals surface area contributed by atoms with Crippen LogP contribution >= 0.6 is 11.6 Å². The van der Waals surface area contributed by atoms with Crippen LogP contribution in [0.3, 0.4) is 0 Å². The number of piperidine rings is 1. The molecule has 1 aliphatic rings. The van der Waals surface area contributed by atoms with E-state index in [2.05, 4.69) is 10.6 Å². The van der Waals surface area contributed by atoms with Crippen molar-refractivity contribution in [3.8, 4) is 5.75 Å². The average molecular weight is 458 g/mol. The fourth-order valence-electron chi connectivity index (χ4n) is 3.56. The minimum atomic E-state index is -0.241. The first-order valence-electron chi connectivity index (χ1n) is 10.8. The molecule has 0 saturated carbocycles. The molecule has 7 nitrogen and oxygen atoms in total. The van der Waals surface area contributed by atoms with Gasteiger partial charge in [-0.3, -0.25) is 14.4 Å².